The summed E-state index contributed by atoms with van der Waals surface area (Å²) in [6, 6.07) is 11.1. The van der Waals surface area contributed by atoms with Crippen LogP contribution in [0.5, 0.6) is 0 Å². The van der Waals surface area contributed by atoms with Crippen LogP contribution in [0.1, 0.15) is 41.6 Å². The summed E-state index contributed by atoms with van der Waals surface area (Å²) in [7, 11) is 0. The van der Waals surface area contributed by atoms with E-state index in [1.54, 1.807) is 29.2 Å². The highest BCUT2D eigenvalue weighted by Gasteiger charge is 2.32. The maximum Gasteiger partial charge on any atom is 0.416 e. The van der Waals surface area contributed by atoms with Gasteiger partial charge in [0, 0.05) is 41.9 Å². The van der Waals surface area contributed by atoms with Gasteiger partial charge in [0.05, 0.1) is 5.56 Å². The summed E-state index contributed by atoms with van der Waals surface area (Å²) >= 11 is 0. The lowest BCUT2D eigenvalue weighted by Crippen LogP contribution is -2.41. The van der Waals surface area contributed by atoms with Crippen molar-refractivity contribution < 1.29 is 27.6 Å². The monoisotopic (exact) mass is 459 g/mol. The third-order valence-electron chi connectivity index (χ3n) is 5.98. The Balaban J connectivity index is 1.26. The largest absolute Gasteiger partial charge is 0.416 e. The molecule has 0 aromatic heterocycles. The van der Waals surface area contributed by atoms with E-state index < -0.39 is 11.7 Å². The maximum atomic E-state index is 12.7. The van der Waals surface area contributed by atoms with E-state index in [0.29, 0.717) is 37.3 Å². The molecule has 33 heavy (non-hydrogen) atoms. The normalized spacial score (nSPS) is 16.9. The third kappa shape index (κ3) is 5.71. The minimum Gasteiger partial charge on any atom is -0.339 e. The molecule has 1 heterocycles. The van der Waals surface area contributed by atoms with Crippen molar-refractivity contribution in [3.63, 3.8) is 0 Å². The summed E-state index contributed by atoms with van der Waals surface area (Å²) in [5.74, 6) is -0.625. The van der Waals surface area contributed by atoms with Gasteiger partial charge in [0.1, 0.15) is 0 Å². The van der Waals surface area contributed by atoms with Gasteiger partial charge in [0.15, 0.2) is 0 Å². The average Bonchev–Trinajstić information content (AvgIpc) is 3.65. The van der Waals surface area contributed by atoms with Crippen LogP contribution in [-0.2, 0) is 15.8 Å². The lowest BCUT2D eigenvalue weighted by atomic mass is 9.95. The van der Waals surface area contributed by atoms with Crippen molar-refractivity contribution >= 4 is 29.1 Å². The smallest absolute Gasteiger partial charge is 0.339 e. The summed E-state index contributed by atoms with van der Waals surface area (Å²) in [4.78, 5) is 38.6. The molecule has 6 nitrogen and oxygen atoms in total. The second-order valence-electron chi connectivity index (χ2n) is 8.47. The second kappa shape index (κ2) is 9.25. The van der Waals surface area contributed by atoms with Crippen molar-refractivity contribution in [1.29, 1.82) is 0 Å². The molecule has 2 aromatic rings. The number of nitrogens with zero attached hydrogens (tertiary/aromatic N) is 1. The lowest BCUT2D eigenvalue weighted by Gasteiger charge is -2.31. The van der Waals surface area contributed by atoms with Crippen molar-refractivity contribution in [1.82, 2.24) is 4.90 Å². The number of carbonyl (C=O) groups excluding carboxylic acids is 3. The van der Waals surface area contributed by atoms with Crippen molar-refractivity contribution in [3.8, 4) is 0 Å². The molecule has 2 fully saturated rings. The number of alkyl halides is 3. The van der Waals surface area contributed by atoms with E-state index in [0.717, 1.165) is 25.0 Å². The van der Waals surface area contributed by atoms with Crippen molar-refractivity contribution in [2.45, 2.75) is 31.9 Å². The molecule has 3 amide bonds. The molecule has 2 aromatic carbocycles. The van der Waals surface area contributed by atoms with Gasteiger partial charge in [-0.3, -0.25) is 14.4 Å². The van der Waals surface area contributed by atoms with Gasteiger partial charge < -0.3 is 15.5 Å². The van der Waals surface area contributed by atoms with E-state index in [1.165, 1.54) is 12.1 Å². The number of benzene rings is 2. The zero-order valence-corrected chi connectivity index (χ0v) is 17.8. The number of amides is 3. The van der Waals surface area contributed by atoms with E-state index in [1.807, 2.05) is 0 Å². The molecule has 2 N–H and O–H groups in total. The molecule has 1 saturated carbocycles. The molecule has 9 heteroatoms. The molecule has 0 atom stereocenters. The summed E-state index contributed by atoms with van der Waals surface area (Å²) in [5, 5.41) is 5.70. The number of piperidine rings is 1. The Labute approximate surface area is 189 Å². The first-order valence-corrected chi connectivity index (χ1v) is 10.9. The molecule has 0 unspecified atom stereocenters. The van der Waals surface area contributed by atoms with Crippen LogP contribution in [0.3, 0.4) is 0 Å². The number of hydrogen-bond donors (Lipinski definition) is 2. The maximum absolute atomic E-state index is 12.7. The molecule has 0 spiro atoms. The van der Waals surface area contributed by atoms with Crippen LogP contribution in [-0.4, -0.2) is 35.7 Å². The van der Waals surface area contributed by atoms with Crippen LogP contribution in [0.15, 0.2) is 48.5 Å². The summed E-state index contributed by atoms with van der Waals surface area (Å²) in [6.07, 6.45) is -1.66. The fourth-order valence-corrected chi connectivity index (χ4v) is 3.80. The molecule has 0 bridgehead atoms. The molecule has 1 aliphatic carbocycles. The number of nitrogens with one attached hydrogen (secondary N) is 2. The van der Waals surface area contributed by atoms with Gasteiger partial charge >= 0.3 is 6.18 Å². The summed E-state index contributed by atoms with van der Waals surface area (Å²) in [6.45, 7) is 0.703. The zero-order chi connectivity index (χ0) is 23.6. The summed E-state index contributed by atoms with van der Waals surface area (Å²) in [5.41, 5.74) is 0.695. The van der Waals surface area contributed by atoms with Gasteiger partial charge in [-0.1, -0.05) is 0 Å². The van der Waals surface area contributed by atoms with Crippen LogP contribution < -0.4 is 10.6 Å². The highest BCUT2D eigenvalue weighted by molar-refractivity contribution is 5.96. The highest BCUT2D eigenvalue weighted by atomic mass is 19.4. The molecule has 0 radical (unpaired) electrons. The Bertz CT molecular complexity index is 1020. The van der Waals surface area contributed by atoms with Crippen LogP contribution in [0, 0.1) is 11.8 Å². The highest BCUT2D eigenvalue weighted by Crippen LogP contribution is 2.31. The predicted octanol–water partition coefficient (Wildman–Crippen LogP) is 4.54. The van der Waals surface area contributed by atoms with E-state index in [9.17, 15) is 27.6 Å². The van der Waals surface area contributed by atoms with Gasteiger partial charge in [-0.25, -0.2) is 0 Å². The van der Waals surface area contributed by atoms with Crippen LogP contribution in [0.4, 0.5) is 24.5 Å². The van der Waals surface area contributed by atoms with Gasteiger partial charge in [0.25, 0.3) is 5.91 Å². The van der Waals surface area contributed by atoms with Crippen molar-refractivity contribution in [3.05, 3.63) is 59.7 Å². The van der Waals surface area contributed by atoms with Crippen molar-refractivity contribution in [2.24, 2.45) is 11.8 Å². The van der Waals surface area contributed by atoms with Crippen LogP contribution in [0.2, 0.25) is 0 Å². The first-order chi connectivity index (χ1) is 15.7. The fourth-order valence-electron chi connectivity index (χ4n) is 3.80. The quantitative estimate of drug-likeness (QED) is 0.689. The number of likely N-dealkylation sites (tertiary alicyclic amines) is 1. The lowest BCUT2D eigenvalue weighted by molar-refractivity contribution is -0.137. The third-order valence-corrected chi connectivity index (χ3v) is 5.98. The molecule has 2 aliphatic rings. The number of anilines is 2. The zero-order valence-electron chi connectivity index (χ0n) is 17.8. The van der Waals surface area contributed by atoms with Gasteiger partial charge in [-0.15, -0.1) is 0 Å². The van der Waals surface area contributed by atoms with E-state index in [2.05, 4.69) is 10.6 Å². The molecular weight excluding hydrogens is 435 g/mol. The first-order valence-electron chi connectivity index (χ1n) is 10.9. The molecule has 1 saturated heterocycles. The molecular formula is C24H24F3N3O3. The van der Waals surface area contributed by atoms with E-state index >= 15 is 0 Å². The second-order valence-corrected chi connectivity index (χ2v) is 8.47. The Morgan fingerprint density at radius 2 is 1.18 bits per heavy atom. The van der Waals surface area contributed by atoms with E-state index in [4.69, 9.17) is 0 Å². The Kier molecular flexibility index (Phi) is 6.40. The average molecular weight is 459 g/mol. The Hall–Kier alpha value is -3.36. The first kappa shape index (κ1) is 22.8. The Morgan fingerprint density at radius 1 is 0.727 bits per heavy atom. The molecule has 174 valence electrons. The number of halogens is 3. The molecule has 1 aliphatic heterocycles. The number of rotatable bonds is 5. The number of carbonyl (C=O) groups is 3. The SMILES string of the molecule is O=C(Nc1ccc(NC(=O)C2CCN(C(=O)c3ccc(C(F)(F)F)cc3)CC2)cc1)C1CC1. The van der Waals surface area contributed by atoms with Crippen LogP contribution in [0.25, 0.3) is 0 Å². The predicted molar refractivity (Wildman–Crippen MR) is 116 cm³/mol. The van der Waals surface area contributed by atoms with Crippen molar-refractivity contribution in [2.75, 3.05) is 23.7 Å². The number of hydrogen-bond acceptors (Lipinski definition) is 3. The minimum absolute atomic E-state index is 0.0180. The Morgan fingerprint density at radius 3 is 1.61 bits per heavy atom. The minimum atomic E-state index is -4.45. The van der Waals surface area contributed by atoms with Gasteiger partial charge in [0.2, 0.25) is 11.8 Å². The van der Waals surface area contributed by atoms with Gasteiger partial charge in [-0.05, 0) is 74.2 Å². The standard InChI is InChI=1S/C24H24F3N3O3/c25-24(26,27)18-5-3-17(4-6-18)23(33)30-13-11-16(12-14-30)22(32)29-20-9-7-19(8-10-20)28-21(31)15-1-2-15/h3-10,15-16H,1-2,11-14H2,(H,28,31)(H,29,32). The van der Waals surface area contributed by atoms with Crippen LogP contribution >= 0.6 is 0 Å². The summed E-state index contributed by atoms with van der Waals surface area (Å²) < 4.78 is 38.1. The van der Waals surface area contributed by atoms with E-state index in [-0.39, 0.29) is 35.1 Å². The topological polar surface area (TPSA) is 78.5 Å². The molecule has 4 rings (SSSR count). The fraction of sp³-hybridized carbons (Fsp3) is 0.375. The van der Waals surface area contributed by atoms with Gasteiger partial charge in [-0.2, -0.15) is 13.2 Å².